The zero-order valence-electron chi connectivity index (χ0n) is 16.3. The van der Waals surface area contributed by atoms with Crippen molar-refractivity contribution in [2.45, 2.75) is 32.6 Å². The van der Waals surface area contributed by atoms with E-state index in [1.54, 1.807) is 22.9 Å². The van der Waals surface area contributed by atoms with Crippen molar-refractivity contribution in [3.63, 3.8) is 0 Å². The van der Waals surface area contributed by atoms with Crippen molar-refractivity contribution in [1.82, 2.24) is 20.4 Å². The van der Waals surface area contributed by atoms with Gasteiger partial charge in [-0.2, -0.15) is 5.10 Å². The predicted octanol–water partition coefficient (Wildman–Crippen LogP) is 3.06. The third-order valence-electron chi connectivity index (χ3n) is 4.83. The van der Waals surface area contributed by atoms with E-state index in [1.807, 2.05) is 56.3 Å². The lowest BCUT2D eigenvalue weighted by Gasteiger charge is -2.30. The number of benzene rings is 2. The Balaban J connectivity index is 1.52. The van der Waals surface area contributed by atoms with Gasteiger partial charge in [0.25, 0.3) is 5.91 Å². The van der Waals surface area contributed by atoms with Crippen molar-refractivity contribution >= 4 is 17.6 Å². The monoisotopic (exact) mass is 389 g/mol. The van der Waals surface area contributed by atoms with Crippen molar-refractivity contribution in [2.24, 2.45) is 0 Å². The Bertz CT molecular complexity index is 1030. The van der Waals surface area contributed by atoms with Gasteiger partial charge in [0.2, 0.25) is 5.91 Å². The second kappa shape index (κ2) is 7.89. The molecule has 4 rings (SSSR count). The average molecular weight is 389 g/mol. The molecule has 7 nitrogen and oxygen atoms in total. The summed E-state index contributed by atoms with van der Waals surface area (Å²) in [4.78, 5) is 24.7. The van der Waals surface area contributed by atoms with Crippen molar-refractivity contribution in [1.29, 1.82) is 0 Å². The van der Waals surface area contributed by atoms with E-state index in [-0.39, 0.29) is 17.9 Å². The molecule has 0 aliphatic carbocycles. The van der Waals surface area contributed by atoms with Crippen molar-refractivity contribution in [3.05, 3.63) is 71.9 Å². The van der Waals surface area contributed by atoms with E-state index in [1.165, 1.54) is 0 Å². The van der Waals surface area contributed by atoms with Crippen molar-refractivity contribution < 1.29 is 9.59 Å². The van der Waals surface area contributed by atoms with Crippen LogP contribution < -0.4 is 16.0 Å². The van der Waals surface area contributed by atoms with Crippen LogP contribution in [0, 0.1) is 6.92 Å². The van der Waals surface area contributed by atoms with E-state index in [4.69, 9.17) is 0 Å². The molecule has 0 saturated carbocycles. The molecule has 148 valence electrons. The fourth-order valence-electron chi connectivity index (χ4n) is 3.43. The van der Waals surface area contributed by atoms with E-state index < -0.39 is 6.29 Å². The first-order valence-corrected chi connectivity index (χ1v) is 9.58. The normalized spacial score (nSPS) is 18.9. The number of hydrogen-bond donors (Lipinski definition) is 3. The second-order valence-electron chi connectivity index (χ2n) is 7.25. The van der Waals surface area contributed by atoms with Gasteiger partial charge in [-0.25, -0.2) is 4.68 Å². The minimum Gasteiger partial charge on any atom is -0.322 e. The molecule has 0 spiro atoms. The van der Waals surface area contributed by atoms with E-state index in [0.29, 0.717) is 17.8 Å². The topological polar surface area (TPSA) is 88.0 Å². The van der Waals surface area contributed by atoms with Gasteiger partial charge in [-0.15, -0.1) is 0 Å². The van der Waals surface area contributed by atoms with Gasteiger partial charge in [-0.1, -0.05) is 42.5 Å². The van der Waals surface area contributed by atoms with Crippen LogP contribution in [0.3, 0.4) is 0 Å². The molecule has 2 unspecified atom stereocenters. The highest BCUT2D eigenvalue weighted by Crippen LogP contribution is 2.21. The van der Waals surface area contributed by atoms with Gasteiger partial charge in [-0.05, 0) is 37.1 Å². The molecule has 2 heterocycles. The first-order chi connectivity index (χ1) is 14.0. The number of carbonyl (C=O) groups is 2. The van der Waals surface area contributed by atoms with E-state index in [2.05, 4.69) is 21.0 Å². The second-order valence-corrected chi connectivity index (χ2v) is 7.25. The molecule has 2 amide bonds. The molecular weight excluding hydrogens is 366 g/mol. The van der Waals surface area contributed by atoms with Crippen molar-refractivity contribution in [3.8, 4) is 11.1 Å². The van der Waals surface area contributed by atoms with Gasteiger partial charge in [0, 0.05) is 24.1 Å². The van der Waals surface area contributed by atoms with Crippen LogP contribution in [-0.4, -0.2) is 27.6 Å². The third-order valence-corrected chi connectivity index (χ3v) is 4.83. The molecule has 1 saturated heterocycles. The zero-order chi connectivity index (χ0) is 20.4. The number of rotatable bonds is 4. The Morgan fingerprint density at radius 3 is 2.48 bits per heavy atom. The Hall–Kier alpha value is -3.45. The number of nitrogens with zero attached hydrogens (tertiary/aromatic N) is 2. The molecule has 2 aromatic carbocycles. The summed E-state index contributed by atoms with van der Waals surface area (Å²) >= 11 is 0. The fraction of sp³-hybridized carbons (Fsp3) is 0.227. The number of nitrogens with one attached hydrogen (secondary N) is 3. The fourth-order valence-corrected chi connectivity index (χ4v) is 3.43. The van der Waals surface area contributed by atoms with Crippen LogP contribution in [0.15, 0.2) is 60.7 Å². The molecule has 2 atom stereocenters. The lowest BCUT2D eigenvalue weighted by Crippen LogP contribution is -2.52. The number of aromatic nitrogens is 2. The highest BCUT2D eigenvalue weighted by Gasteiger charge is 2.26. The molecular formula is C22H23N5O2. The van der Waals surface area contributed by atoms with Gasteiger partial charge >= 0.3 is 0 Å². The van der Waals surface area contributed by atoms with E-state index in [9.17, 15) is 9.59 Å². The number of carbonyl (C=O) groups excluding carboxylic acids is 2. The first kappa shape index (κ1) is 18.9. The summed E-state index contributed by atoms with van der Waals surface area (Å²) in [6.45, 7) is 3.78. The van der Waals surface area contributed by atoms with Crippen LogP contribution in [-0.2, 0) is 4.79 Å². The third kappa shape index (κ3) is 4.20. The molecule has 1 fully saturated rings. The van der Waals surface area contributed by atoms with Gasteiger partial charge in [0.05, 0.1) is 5.69 Å². The molecule has 7 heteroatoms. The zero-order valence-corrected chi connectivity index (χ0v) is 16.3. The highest BCUT2D eigenvalue weighted by molar-refractivity contribution is 6.04. The number of amides is 2. The highest BCUT2D eigenvalue weighted by atomic mass is 16.2. The SMILES string of the molecule is Cc1cc(NC(=O)c2ccc(-c3ccccc3)cc2)n(C2NC(=O)CC(C)N2)n1. The van der Waals surface area contributed by atoms with E-state index in [0.717, 1.165) is 16.8 Å². The van der Waals surface area contributed by atoms with Crippen LogP contribution >= 0.6 is 0 Å². The summed E-state index contributed by atoms with van der Waals surface area (Å²) in [6.07, 6.45) is -0.0950. The summed E-state index contributed by atoms with van der Waals surface area (Å²) in [6, 6.07) is 19.3. The van der Waals surface area contributed by atoms with Crippen LogP contribution in [0.4, 0.5) is 5.82 Å². The van der Waals surface area contributed by atoms with Gasteiger partial charge in [-0.3, -0.25) is 14.9 Å². The maximum atomic E-state index is 12.8. The smallest absolute Gasteiger partial charge is 0.256 e. The lowest BCUT2D eigenvalue weighted by atomic mass is 10.0. The number of hydrogen-bond acceptors (Lipinski definition) is 4. The molecule has 1 aliphatic rings. The standard InChI is InChI=1S/C22H23N5O2/c1-14-13-20(28)25-22(23-14)27-19(12-15(2)26-27)24-21(29)18-10-8-17(9-11-18)16-6-4-3-5-7-16/h3-12,14,22-23H,13H2,1-2H3,(H,24,29)(H,25,28). The Kier molecular flexibility index (Phi) is 5.14. The Morgan fingerprint density at radius 1 is 1.10 bits per heavy atom. The van der Waals surface area contributed by atoms with Crippen LogP contribution in [0.2, 0.25) is 0 Å². The average Bonchev–Trinajstić information content (AvgIpc) is 3.08. The summed E-state index contributed by atoms with van der Waals surface area (Å²) in [7, 11) is 0. The Morgan fingerprint density at radius 2 is 1.79 bits per heavy atom. The molecule has 0 radical (unpaired) electrons. The number of anilines is 1. The maximum Gasteiger partial charge on any atom is 0.256 e. The van der Waals surface area contributed by atoms with Gasteiger partial charge < -0.3 is 10.6 Å². The largest absolute Gasteiger partial charge is 0.322 e. The lowest BCUT2D eigenvalue weighted by molar-refractivity contribution is -0.125. The predicted molar refractivity (Wildman–Crippen MR) is 111 cm³/mol. The molecule has 1 aromatic heterocycles. The molecule has 29 heavy (non-hydrogen) atoms. The van der Waals surface area contributed by atoms with Crippen molar-refractivity contribution in [2.75, 3.05) is 5.32 Å². The minimum atomic E-state index is -0.504. The van der Waals surface area contributed by atoms with Crippen LogP contribution in [0.25, 0.3) is 11.1 Å². The molecule has 0 bridgehead atoms. The molecule has 3 N–H and O–H groups in total. The summed E-state index contributed by atoms with van der Waals surface area (Å²) < 4.78 is 1.60. The molecule has 1 aliphatic heterocycles. The summed E-state index contributed by atoms with van der Waals surface area (Å²) in [5.74, 6) is 0.232. The molecule has 3 aromatic rings. The van der Waals surface area contributed by atoms with Crippen LogP contribution in [0.1, 0.15) is 35.7 Å². The minimum absolute atomic E-state index is 0.0207. The quantitative estimate of drug-likeness (QED) is 0.640. The van der Waals surface area contributed by atoms with Crippen LogP contribution in [0.5, 0.6) is 0 Å². The Labute approximate surface area is 169 Å². The van der Waals surface area contributed by atoms with Gasteiger partial charge in [0.1, 0.15) is 5.82 Å². The summed E-state index contributed by atoms with van der Waals surface area (Å²) in [5, 5.41) is 13.5. The van der Waals surface area contributed by atoms with E-state index >= 15 is 0 Å². The maximum absolute atomic E-state index is 12.8. The first-order valence-electron chi connectivity index (χ1n) is 9.58. The van der Waals surface area contributed by atoms with Gasteiger partial charge in [0.15, 0.2) is 6.29 Å². The summed E-state index contributed by atoms with van der Waals surface area (Å²) in [5.41, 5.74) is 3.44. The number of aryl methyl sites for hydroxylation is 1.